The van der Waals surface area contributed by atoms with Crippen molar-refractivity contribution in [2.45, 2.75) is 44.6 Å². The van der Waals surface area contributed by atoms with Gasteiger partial charge < -0.3 is 9.47 Å². The maximum Gasteiger partial charge on any atom is 0.295 e. The maximum absolute atomic E-state index is 9.87. The second-order valence-electron chi connectivity index (χ2n) is 3.27. The van der Waals surface area contributed by atoms with E-state index in [1.165, 1.54) is 12.8 Å². The molecule has 0 saturated heterocycles. The Balaban J connectivity index is 2.28. The highest BCUT2D eigenvalue weighted by molar-refractivity contribution is 5.36. The second-order valence-corrected chi connectivity index (χ2v) is 3.27. The second kappa shape index (κ2) is 4.45. The predicted molar refractivity (Wildman–Crippen MR) is 44.6 cm³/mol. The van der Waals surface area contributed by atoms with E-state index in [9.17, 15) is 4.79 Å². The number of ether oxygens (including phenoxy) is 2. The first-order chi connectivity index (χ1) is 5.83. The Hall–Kier alpha value is -0.570. The largest absolute Gasteiger partial charge is 0.441 e. The van der Waals surface area contributed by atoms with E-state index >= 15 is 0 Å². The monoisotopic (exact) mass is 172 g/mol. The molecule has 1 saturated carbocycles. The first-order valence-corrected chi connectivity index (χ1v) is 4.52. The summed E-state index contributed by atoms with van der Waals surface area (Å²) >= 11 is 0. The van der Waals surface area contributed by atoms with Crippen LogP contribution in [-0.4, -0.2) is 18.9 Å². The van der Waals surface area contributed by atoms with Gasteiger partial charge in [-0.3, -0.25) is 4.79 Å². The molecule has 0 unspecified atom stereocenters. The van der Waals surface area contributed by atoms with Crippen LogP contribution in [0.4, 0.5) is 0 Å². The lowest BCUT2D eigenvalue weighted by Crippen LogP contribution is -2.28. The van der Waals surface area contributed by atoms with Gasteiger partial charge in [0, 0.05) is 0 Å². The Bertz CT molecular complexity index is 139. The molecule has 0 N–H and O–H groups in total. The molecule has 3 heteroatoms. The lowest BCUT2D eigenvalue weighted by molar-refractivity contribution is -0.159. The Morgan fingerprint density at radius 2 is 2.08 bits per heavy atom. The summed E-state index contributed by atoms with van der Waals surface area (Å²) in [7, 11) is 0. The first-order valence-electron chi connectivity index (χ1n) is 4.52. The van der Waals surface area contributed by atoms with Crippen molar-refractivity contribution in [1.82, 2.24) is 0 Å². The number of hydrogen-bond donors (Lipinski definition) is 0. The third-order valence-electron chi connectivity index (χ3n) is 2.66. The number of rotatable bonds is 5. The van der Waals surface area contributed by atoms with Crippen LogP contribution in [0, 0.1) is 0 Å². The van der Waals surface area contributed by atoms with Gasteiger partial charge in [0.1, 0.15) is 0 Å². The van der Waals surface area contributed by atoms with Crippen LogP contribution < -0.4 is 0 Å². The highest BCUT2D eigenvalue weighted by Crippen LogP contribution is 2.35. The fraction of sp³-hybridized carbons (Fsp3) is 0.889. The van der Waals surface area contributed by atoms with Gasteiger partial charge in [-0.15, -0.1) is 0 Å². The average Bonchev–Trinajstić information content (AvgIpc) is 2.55. The molecule has 0 heterocycles. The summed E-state index contributed by atoms with van der Waals surface area (Å²) in [6, 6.07) is 0. The maximum atomic E-state index is 9.87. The van der Waals surface area contributed by atoms with Crippen LogP contribution in [0.3, 0.4) is 0 Å². The zero-order valence-corrected chi connectivity index (χ0v) is 7.54. The molecule has 1 aliphatic rings. The van der Waals surface area contributed by atoms with E-state index in [0.717, 1.165) is 19.3 Å². The normalized spacial score (nSPS) is 20.8. The molecule has 0 bridgehead atoms. The highest BCUT2D eigenvalue weighted by Gasteiger charge is 2.32. The van der Waals surface area contributed by atoms with Crippen LogP contribution in [0.2, 0.25) is 0 Å². The topological polar surface area (TPSA) is 35.5 Å². The number of carbonyl (C=O) groups excluding carboxylic acids is 1. The van der Waals surface area contributed by atoms with Crippen LogP contribution >= 0.6 is 0 Å². The van der Waals surface area contributed by atoms with E-state index in [2.05, 4.69) is 11.7 Å². The van der Waals surface area contributed by atoms with Gasteiger partial charge in [-0.05, 0) is 19.3 Å². The van der Waals surface area contributed by atoms with Crippen molar-refractivity contribution in [3.63, 3.8) is 0 Å². The molecule has 1 aliphatic carbocycles. The lowest BCUT2D eigenvalue weighted by Gasteiger charge is -2.26. The molecule has 0 spiro atoms. The van der Waals surface area contributed by atoms with Crippen LogP contribution in [0.5, 0.6) is 0 Å². The summed E-state index contributed by atoms with van der Waals surface area (Å²) in [4.78, 5) is 9.87. The third-order valence-corrected chi connectivity index (χ3v) is 2.66. The van der Waals surface area contributed by atoms with Crippen LogP contribution in [0.25, 0.3) is 0 Å². The summed E-state index contributed by atoms with van der Waals surface area (Å²) in [6.07, 6.45) is 5.68. The van der Waals surface area contributed by atoms with E-state index in [0.29, 0.717) is 6.47 Å². The zero-order chi connectivity index (χ0) is 8.86. The molecule has 0 amide bonds. The molecule has 0 radical (unpaired) electrons. The van der Waals surface area contributed by atoms with Gasteiger partial charge in [0.2, 0.25) is 0 Å². The highest BCUT2D eigenvalue weighted by atomic mass is 16.7. The molecule has 12 heavy (non-hydrogen) atoms. The van der Waals surface area contributed by atoms with Crippen LogP contribution in [-0.2, 0) is 14.3 Å². The number of hydrogen-bond acceptors (Lipinski definition) is 3. The molecular formula is C9H16O3. The van der Waals surface area contributed by atoms with Gasteiger partial charge in [-0.25, -0.2) is 0 Å². The summed E-state index contributed by atoms with van der Waals surface area (Å²) in [6.45, 7) is 2.65. The molecule has 1 fully saturated rings. The van der Waals surface area contributed by atoms with Gasteiger partial charge in [-0.2, -0.15) is 0 Å². The van der Waals surface area contributed by atoms with E-state index in [1.54, 1.807) is 0 Å². The van der Waals surface area contributed by atoms with Crippen molar-refractivity contribution in [2.75, 3.05) is 6.79 Å². The van der Waals surface area contributed by atoms with E-state index < -0.39 is 0 Å². The van der Waals surface area contributed by atoms with E-state index in [4.69, 9.17) is 4.74 Å². The van der Waals surface area contributed by atoms with Gasteiger partial charge in [0.05, 0.1) is 5.60 Å². The Morgan fingerprint density at radius 3 is 2.58 bits per heavy atom. The summed E-state index contributed by atoms with van der Waals surface area (Å²) in [5, 5.41) is 0. The minimum Gasteiger partial charge on any atom is -0.441 e. The molecule has 0 aliphatic heterocycles. The third kappa shape index (κ3) is 2.21. The van der Waals surface area contributed by atoms with Crippen LogP contribution in [0.15, 0.2) is 0 Å². The summed E-state index contributed by atoms with van der Waals surface area (Å²) in [5.41, 5.74) is 0.00299. The molecule has 0 aromatic carbocycles. The quantitative estimate of drug-likeness (QED) is 0.360. The Labute approximate surface area is 73.0 Å². The lowest BCUT2D eigenvalue weighted by atomic mass is 9.99. The molecule has 0 aromatic rings. The molecule has 3 nitrogen and oxygen atoms in total. The average molecular weight is 172 g/mol. The van der Waals surface area contributed by atoms with Crippen molar-refractivity contribution in [1.29, 1.82) is 0 Å². The predicted octanol–water partition coefficient (Wildman–Crippen LogP) is 1.86. The van der Waals surface area contributed by atoms with Crippen LogP contribution in [0.1, 0.15) is 39.0 Å². The van der Waals surface area contributed by atoms with Gasteiger partial charge >= 0.3 is 0 Å². The fourth-order valence-electron chi connectivity index (χ4n) is 1.81. The van der Waals surface area contributed by atoms with Crippen molar-refractivity contribution >= 4 is 6.47 Å². The SMILES string of the molecule is CCC1(OCOC=O)CCCC1. The summed E-state index contributed by atoms with van der Waals surface area (Å²) in [5.74, 6) is 0. The fourth-order valence-corrected chi connectivity index (χ4v) is 1.81. The molecule has 0 atom stereocenters. The Kier molecular flexibility index (Phi) is 3.53. The minimum atomic E-state index is 0.00299. The van der Waals surface area contributed by atoms with Gasteiger partial charge in [0.25, 0.3) is 6.47 Å². The Morgan fingerprint density at radius 1 is 1.42 bits per heavy atom. The molecular weight excluding hydrogens is 156 g/mol. The standard InChI is InChI=1S/C9H16O3/c1-2-9(5-3-4-6-9)12-8-11-7-10/h7H,2-6,8H2,1H3. The van der Waals surface area contributed by atoms with Crippen molar-refractivity contribution in [3.8, 4) is 0 Å². The van der Waals surface area contributed by atoms with E-state index in [-0.39, 0.29) is 12.4 Å². The molecule has 0 aromatic heterocycles. The van der Waals surface area contributed by atoms with Gasteiger partial charge in [0.15, 0.2) is 6.79 Å². The number of carbonyl (C=O) groups is 1. The molecule has 1 rings (SSSR count). The summed E-state index contributed by atoms with van der Waals surface area (Å²) < 4.78 is 10.0. The van der Waals surface area contributed by atoms with Crippen molar-refractivity contribution in [3.05, 3.63) is 0 Å². The minimum absolute atomic E-state index is 0.00299. The van der Waals surface area contributed by atoms with Crippen molar-refractivity contribution in [2.24, 2.45) is 0 Å². The molecule has 70 valence electrons. The van der Waals surface area contributed by atoms with E-state index in [1.807, 2.05) is 0 Å². The van der Waals surface area contributed by atoms with Gasteiger partial charge in [-0.1, -0.05) is 19.8 Å². The zero-order valence-electron chi connectivity index (χ0n) is 7.54. The first kappa shape index (κ1) is 9.52. The smallest absolute Gasteiger partial charge is 0.295 e. The van der Waals surface area contributed by atoms with Crippen molar-refractivity contribution < 1.29 is 14.3 Å².